The van der Waals surface area contributed by atoms with Gasteiger partial charge in [0.05, 0.1) is 16.7 Å². The fraction of sp³-hybridized carbons (Fsp3) is 0.650. The number of fused-ring (bicyclic) bond motifs is 1. The van der Waals surface area contributed by atoms with Crippen LogP contribution in [0.1, 0.15) is 31.5 Å². The van der Waals surface area contributed by atoms with E-state index >= 15 is 0 Å². The average molecular weight is 476 g/mol. The van der Waals surface area contributed by atoms with Gasteiger partial charge < -0.3 is 15.0 Å². The van der Waals surface area contributed by atoms with Crippen molar-refractivity contribution < 1.29 is 26.3 Å². The van der Waals surface area contributed by atoms with Crippen LogP contribution in [0.3, 0.4) is 0 Å². The number of nitrogens with zero attached hydrogens (tertiary/aromatic N) is 4. The maximum absolute atomic E-state index is 13.7. The standard InChI is InChI=1S/C20H28F3N5O3S/c1-26(32(29,30)27-8-4-15(24)5-9-27)16-2-3-18-17(12-16)25-19(20(21,22)23)28(18)13-14-6-10-31-11-7-14/h2-3,12,14-15H,4-11,13,24H2,1H3. The lowest BCUT2D eigenvalue weighted by Gasteiger charge is -2.33. The van der Waals surface area contributed by atoms with Gasteiger partial charge in [-0.05, 0) is 49.8 Å². The maximum atomic E-state index is 13.7. The number of hydrogen-bond donors (Lipinski definition) is 1. The zero-order chi connectivity index (χ0) is 23.1. The maximum Gasteiger partial charge on any atom is 0.449 e. The molecule has 0 aliphatic carbocycles. The van der Waals surface area contributed by atoms with Gasteiger partial charge in [-0.25, -0.2) is 4.98 Å². The van der Waals surface area contributed by atoms with Crippen molar-refractivity contribution in [2.45, 2.75) is 44.4 Å². The molecule has 0 saturated carbocycles. The van der Waals surface area contributed by atoms with Gasteiger partial charge >= 0.3 is 16.4 Å². The van der Waals surface area contributed by atoms with E-state index in [-0.39, 0.29) is 29.7 Å². The molecule has 0 bridgehead atoms. The Bertz CT molecular complexity index is 1060. The topological polar surface area (TPSA) is 93.7 Å². The molecule has 1 aromatic heterocycles. The minimum Gasteiger partial charge on any atom is -0.381 e. The van der Waals surface area contributed by atoms with Crippen molar-refractivity contribution in [1.82, 2.24) is 13.9 Å². The minimum atomic E-state index is -4.62. The number of hydrogen-bond acceptors (Lipinski definition) is 5. The van der Waals surface area contributed by atoms with Gasteiger partial charge in [0.1, 0.15) is 0 Å². The summed E-state index contributed by atoms with van der Waals surface area (Å²) in [4.78, 5) is 3.85. The Kier molecular flexibility index (Phi) is 6.40. The van der Waals surface area contributed by atoms with E-state index in [0.29, 0.717) is 57.5 Å². The molecule has 2 aliphatic rings. The van der Waals surface area contributed by atoms with Gasteiger partial charge in [-0.3, -0.25) is 4.31 Å². The molecule has 0 amide bonds. The lowest BCUT2D eigenvalue weighted by Crippen LogP contribution is -2.48. The predicted molar refractivity (Wildman–Crippen MR) is 114 cm³/mol. The Morgan fingerprint density at radius 1 is 1.19 bits per heavy atom. The smallest absolute Gasteiger partial charge is 0.381 e. The summed E-state index contributed by atoms with van der Waals surface area (Å²) in [5, 5.41) is 0. The minimum absolute atomic E-state index is 0.0245. The van der Waals surface area contributed by atoms with Crippen LogP contribution in [0, 0.1) is 5.92 Å². The monoisotopic (exact) mass is 475 g/mol. The number of halogens is 3. The second kappa shape index (κ2) is 8.81. The molecule has 0 unspecified atom stereocenters. The van der Waals surface area contributed by atoms with E-state index < -0.39 is 22.2 Å². The Labute approximate surface area is 185 Å². The highest BCUT2D eigenvalue weighted by Gasteiger charge is 2.38. The van der Waals surface area contributed by atoms with Crippen molar-refractivity contribution in [2.75, 3.05) is 37.7 Å². The van der Waals surface area contributed by atoms with Gasteiger partial charge in [0, 0.05) is 45.9 Å². The summed E-state index contributed by atoms with van der Waals surface area (Å²) in [6.45, 7) is 1.89. The van der Waals surface area contributed by atoms with Crippen molar-refractivity contribution in [1.29, 1.82) is 0 Å². The third kappa shape index (κ3) is 4.59. The lowest BCUT2D eigenvalue weighted by molar-refractivity contribution is -0.147. The van der Waals surface area contributed by atoms with Crippen molar-refractivity contribution >= 4 is 26.9 Å². The van der Waals surface area contributed by atoms with Crippen molar-refractivity contribution in [3.8, 4) is 0 Å². The molecule has 4 rings (SSSR count). The molecule has 12 heteroatoms. The van der Waals surface area contributed by atoms with Crippen LogP contribution >= 0.6 is 0 Å². The van der Waals surface area contributed by atoms with Crippen molar-refractivity contribution in [3.63, 3.8) is 0 Å². The molecule has 2 N–H and O–H groups in total. The molecule has 32 heavy (non-hydrogen) atoms. The predicted octanol–water partition coefficient (Wildman–Crippen LogP) is 2.59. The van der Waals surface area contributed by atoms with Crippen LogP contribution in [0.4, 0.5) is 18.9 Å². The highest BCUT2D eigenvalue weighted by molar-refractivity contribution is 7.90. The normalized spacial score (nSPS) is 20.2. The SMILES string of the molecule is CN(c1ccc2c(c1)nc(C(F)(F)F)n2CC1CCOCC1)S(=O)(=O)N1CCC(N)CC1. The van der Waals surface area contributed by atoms with Crippen LogP contribution < -0.4 is 10.0 Å². The molecular weight excluding hydrogens is 447 g/mol. The van der Waals surface area contributed by atoms with Crippen LogP contribution in [0.2, 0.25) is 0 Å². The summed E-state index contributed by atoms with van der Waals surface area (Å²) >= 11 is 0. The Balaban J connectivity index is 1.66. The van der Waals surface area contributed by atoms with E-state index in [9.17, 15) is 21.6 Å². The molecule has 3 heterocycles. The van der Waals surface area contributed by atoms with Crippen LogP contribution in [0.15, 0.2) is 18.2 Å². The third-order valence-corrected chi connectivity index (χ3v) is 8.22. The summed E-state index contributed by atoms with van der Waals surface area (Å²) in [6, 6.07) is 4.42. The molecule has 0 spiro atoms. The zero-order valence-electron chi connectivity index (χ0n) is 17.9. The first-order valence-electron chi connectivity index (χ1n) is 10.7. The van der Waals surface area contributed by atoms with Gasteiger partial charge in [-0.15, -0.1) is 0 Å². The quantitative estimate of drug-likeness (QED) is 0.718. The summed E-state index contributed by atoms with van der Waals surface area (Å²) in [5.74, 6) is -0.901. The van der Waals surface area contributed by atoms with Crippen LogP contribution in [-0.4, -0.2) is 61.7 Å². The largest absolute Gasteiger partial charge is 0.449 e. The first kappa shape index (κ1) is 23.3. The molecular formula is C20H28F3N5O3S. The van der Waals surface area contributed by atoms with E-state index in [1.54, 1.807) is 0 Å². The highest BCUT2D eigenvalue weighted by Crippen LogP contribution is 2.34. The number of anilines is 1. The van der Waals surface area contributed by atoms with E-state index in [0.717, 1.165) is 4.31 Å². The van der Waals surface area contributed by atoms with Crippen molar-refractivity contribution in [3.05, 3.63) is 24.0 Å². The molecule has 0 atom stereocenters. The molecule has 2 fully saturated rings. The van der Waals surface area contributed by atoms with E-state index in [1.807, 2.05) is 0 Å². The molecule has 2 saturated heterocycles. The summed E-state index contributed by atoms with van der Waals surface area (Å²) in [5.41, 5.74) is 6.58. The molecule has 2 aliphatic heterocycles. The third-order valence-electron chi connectivity index (χ3n) is 6.30. The lowest BCUT2D eigenvalue weighted by atomic mass is 10.0. The number of ether oxygens (including phenoxy) is 1. The number of imidazole rings is 1. The summed E-state index contributed by atoms with van der Waals surface area (Å²) in [6.07, 6.45) is -2.10. The van der Waals surface area contributed by atoms with Crippen LogP contribution in [0.25, 0.3) is 11.0 Å². The second-order valence-electron chi connectivity index (χ2n) is 8.48. The van der Waals surface area contributed by atoms with Gasteiger partial charge in [0.25, 0.3) is 0 Å². The van der Waals surface area contributed by atoms with Gasteiger partial charge in [-0.2, -0.15) is 25.9 Å². The average Bonchev–Trinajstić information content (AvgIpc) is 3.12. The number of nitrogens with two attached hydrogens (primary N) is 1. The molecule has 2 aromatic rings. The Hall–Kier alpha value is -1.89. The highest BCUT2D eigenvalue weighted by atomic mass is 32.2. The number of piperidine rings is 1. The molecule has 8 nitrogen and oxygen atoms in total. The molecule has 1 aromatic carbocycles. The van der Waals surface area contributed by atoms with Crippen LogP contribution in [0.5, 0.6) is 0 Å². The Morgan fingerprint density at radius 2 is 1.84 bits per heavy atom. The molecule has 178 valence electrons. The number of aromatic nitrogens is 2. The van der Waals surface area contributed by atoms with Crippen LogP contribution in [-0.2, 0) is 27.7 Å². The van der Waals surface area contributed by atoms with Crippen molar-refractivity contribution in [2.24, 2.45) is 11.7 Å². The zero-order valence-corrected chi connectivity index (χ0v) is 18.7. The summed E-state index contributed by atoms with van der Waals surface area (Å²) in [7, 11) is -2.42. The number of alkyl halides is 3. The first-order chi connectivity index (χ1) is 15.1. The van der Waals surface area contributed by atoms with E-state index in [2.05, 4.69) is 4.98 Å². The molecule has 0 radical (unpaired) electrons. The van der Waals surface area contributed by atoms with E-state index in [1.165, 1.54) is 34.1 Å². The second-order valence-corrected chi connectivity index (χ2v) is 10.4. The van der Waals surface area contributed by atoms with Gasteiger partial charge in [0.2, 0.25) is 5.82 Å². The fourth-order valence-corrected chi connectivity index (χ4v) is 5.71. The first-order valence-corrected chi connectivity index (χ1v) is 12.1. The Morgan fingerprint density at radius 3 is 2.47 bits per heavy atom. The van der Waals surface area contributed by atoms with Gasteiger partial charge in [0.15, 0.2) is 0 Å². The fourth-order valence-electron chi connectivity index (χ4n) is 4.32. The summed E-state index contributed by atoms with van der Waals surface area (Å²) < 4.78 is 76.2. The number of rotatable bonds is 5. The van der Waals surface area contributed by atoms with E-state index in [4.69, 9.17) is 10.5 Å². The van der Waals surface area contributed by atoms with Gasteiger partial charge in [-0.1, -0.05) is 0 Å². The number of benzene rings is 1.